The fourth-order valence-corrected chi connectivity index (χ4v) is 3.52. The monoisotopic (exact) mass is 319 g/mol. The first kappa shape index (κ1) is 17.7. The Morgan fingerprint density at radius 1 is 1.24 bits per heavy atom. The number of carbonyl (C=O) groups excluding carboxylic acids is 2. The molecule has 1 aliphatic rings. The molecule has 0 radical (unpaired) electrons. The van der Waals surface area contributed by atoms with Crippen LogP contribution in [-0.4, -0.2) is 43.1 Å². The lowest BCUT2D eigenvalue weighted by molar-refractivity contribution is 0.196. The normalized spacial score (nSPS) is 17.9. The predicted octanol–water partition coefficient (Wildman–Crippen LogP) is 1.80. The van der Waals surface area contributed by atoms with Gasteiger partial charge in [0.15, 0.2) is 0 Å². The third-order valence-corrected chi connectivity index (χ3v) is 4.85. The summed E-state index contributed by atoms with van der Waals surface area (Å²) in [6.45, 7) is 3.71. The molecule has 8 heteroatoms. The second kappa shape index (κ2) is 7.63. The molecule has 0 spiro atoms. The smallest absolute Gasteiger partial charge is 0.335 e. The van der Waals surface area contributed by atoms with Gasteiger partial charge in [0.25, 0.3) is 0 Å². The lowest BCUT2D eigenvalue weighted by Crippen LogP contribution is -2.53. The van der Waals surface area contributed by atoms with Crippen LogP contribution >= 0.6 is 0 Å². The fraction of sp³-hybridized carbons (Fsp3) is 0.846. The Balaban J connectivity index is 2.74. The van der Waals surface area contributed by atoms with E-state index >= 15 is 0 Å². The standard InChI is InChI=1S/C13H25N3O4S/c1-4-10(2)14-12(17)15-13(18)16(21(3,19)20)11-8-6-5-7-9-11/h10-11H,4-9H2,1-3H3,(H2,14,15,17,18)/t10-/m1/s1. The first-order chi connectivity index (χ1) is 9.75. The quantitative estimate of drug-likeness (QED) is 0.826. The van der Waals surface area contributed by atoms with E-state index < -0.39 is 22.1 Å². The maximum atomic E-state index is 12.1. The van der Waals surface area contributed by atoms with Gasteiger partial charge in [-0.1, -0.05) is 26.2 Å². The highest BCUT2D eigenvalue weighted by Crippen LogP contribution is 2.24. The number of rotatable bonds is 4. The molecule has 122 valence electrons. The van der Waals surface area contributed by atoms with E-state index in [1.165, 1.54) is 0 Å². The molecule has 0 aliphatic heterocycles. The number of carbonyl (C=O) groups is 2. The SMILES string of the molecule is CC[C@@H](C)NC(=O)NC(=O)N(C1CCCCC1)S(C)(=O)=O. The molecule has 7 nitrogen and oxygen atoms in total. The van der Waals surface area contributed by atoms with Crippen molar-refractivity contribution in [1.29, 1.82) is 0 Å². The molecule has 2 N–H and O–H groups in total. The van der Waals surface area contributed by atoms with Crippen molar-refractivity contribution in [2.75, 3.05) is 6.26 Å². The van der Waals surface area contributed by atoms with Gasteiger partial charge in [-0.2, -0.15) is 0 Å². The molecule has 1 rings (SSSR count). The maximum Gasteiger partial charge on any atom is 0.339 e. The highest BCUT2D eigenvalue weighted by molar-refractivity contribution is 7.88. The van der Waals surface area contributed by atoms with Crippen molar-refractivity contribution in [1.82, 2.24) is 14.9 Å². The Labute approximate surface area is 126 Å². The number of nitrogens with zero attached hydrogens (tertiary/aromatic N) is 1. The van der Waals surface area contributed by atoms with Crippen molar-refractivity contribution in [3.63, 3.8) is 0 Å². The van der Waals surface area contributed by atoms with Crippen LogP contribution in [-0.2, 0) is 10.0 Å². The molecule has 1 saturated carbocycles. The molecule has 0 aromatic heterocycles. The van der Waals surface area contributed by atoms with E-state index in [9.17, 15) is 18.0 Å². The topological polar surface area (TPSA) is 95.6 Å². The van der Waals surface area contributed by atoms with Crippen LogP contribution in [0, 0.1) is 0 Å². The van der Waals surface area contributed by atoms with E-state index in [0.717, 1.165) is 36.2 Å². The van der Waals surface area contributed by atoms with Crippen molar-refractivity contribution in [2.24, 2.45) is 0 Å². The predicted molar refractivity (Wildman–Crippen MR) is 80.4 cm³/mol. The van der Waals surface area contributed by atoms with Gasteiger partial charge in [-0.05, 0) is 26.2 Å². The van der Waals surface area contributed by atoms with Crippen molar-refractivity contribution in [3.05, 3.63) is 0 Å². The second-order valence-corrected chi connectivity index (χ2v) is 7.42. The van der Waals surface area contributed by atoms with Crippen molar-refractivity contribution >= 4 is 22.1 Å². The first-order valence-corrected chi connectivity index (χ1v) is 9.21. The number of nitrogens with one attached hydrogen (secondary N) is 2. The van der Waals surface area contributed by atoms with Crippen LogP contribution in [0.2, 0.25) is 0 Å². The van der Waals surface area contributed by atoms with E-state index in [-0.39, 0.29) is 12.1 Å². The van der Waals surface area contributed by atoms with Crippen molar-refractivity contribution in [2.45, 2.75) is 64.5 Å². The van der Waals surface area contributed by atoms with Crippen LogP contribution in [0.15, 0.2) is 0 Å². The Morgan fingerprint density at radius 2 is 1.81 bits per heavy atom. The lowest BCUT2D eigenvalue weighted by atomic mass is 9.96. The number of sulfonamides is 1. The highest BCUT2D eigenvalue weighted by atomic mass is 32.2. The van der Waals surface area contributed by atoms with Gasteiger partial charge < -0.3 is 5.32 Å². The van der Waals surface area contributed by atoms with Crippen LogP contribution in [0.25, 0.3) is 0 Å². The molecule has 1 aliphatic carbocycles. The van der Waals surface area contributed by atoms with E-state index in [0.29, 0.717) is 12.8 Å². The average molecular weight is 319 g/mol. The summed E-state index contributed by atoms with van der Waals surface area (Å²) in [6, 6.07) is -1.98. The zero-order valence-corrected chi connectivity index (χ0v) is 13.7. The van der Waals surface area contributed by atoms with Gasteiger partial charge in [-0.25, -0.2) is 22.3 Å². The van der Waals surface area contributed by atoms with Crippen LogP contribution in [0.4, 0.5) is 9.59 Å². The summed E-state index contributed by atoms with van der Waals surface area (Å²) in [7, 11) is -3.70. The number of imide groups is 1. The van der Waals surface area contributed by atoms with Crippen LogP contribution in [0.1, 0.15) is 52.4 Å². The third-order valence-electron chi connectivity index (χ3n) is 3.67. The molecule has 4 amide bonds. The van der Waals surface area contributed by atoms with Gasteiger partial charge in [0, 0.05) is 12.1 Å². The van der Waals surface area contributed by atoms with Gasteiger partial charge >= 0.3 is 12.1 Å². The second-order valence-electron chi connectivity index (χ2n) is 5.56. The Kier molecular flexibility index (Phi) is 6.44. The van der Waals surface area contributed by atoms with E-state index in [1.54, 1.807) is 6.92 Å². The van der Waals surface area contributed by atoms with Gasteiger partial charge in [-0.15, -0.1) is 0 Å². The highest BCUT2D eigenvalue weighted by Gasteiger charge is 2.33. The van der Waals surface area contributed by atoms with Crippen LogP contribution in [0.5, 0.6) is 0 Å². The number of amides is 4. The summed E-state index contributed by atoms with van der Waals surface area (Å²) in [5.74, 6) is 0. The molecule has 0 saturated heterocycles. The van der Waals surface area contributed by atoms with E-state index in [2.05, 4.69) is 10.6 Å². The summed E-state index contributed by atoms with van der Waals surface area (Å²) in [5, 5.41) is 4.68. The van der Waals surface area contributed by atoms with Gasteiger partial charge in [0.05, 0.1) is 6.26 Å². The molecule has 0 bridgehead atoms. The molecule has 0 aromatic carbocycles. The zero-order valence-electron chi connectivity index (χ0n) is 12.9. The minimum Gasteiger partial charge on any atom is -0.335 e. The molecule has 1 fully saturated rings. The minimum atomic E-state index is -3.70. The molecule has 0 heterocycles. The van der Waals surface area contributed by atoms with Crippen LogP contribution in [0.3, 0.4) is 0 Å². The Bertz CT molecular complexity index is 472. The van der Waals surface area contributed by atoms with Crippen molar-refractivity contribution < 1.29 is 18.0 Å². The summed E-state index contributed by atoms with van der Waals surface area (Å²) < 4.78 is 24.6. The summed E-state index contributed by atoms with van der Waals surface area (Å²) in [6.07, 6.45) is 5.84. The van der Waals surface area contributed by atoms with Gasteiger partial charge in [-0.3, -0.25) is 5.32 Å². The fourth-order valence-electron chi connectivity index (χ4n) is 2.42. The van der Waals surface area contributed by atoms with Gasteiger partial charge in [0.2, 0.25) is 10.0 Å². The van der Waals surface area contributed by atoms with E-state index in [4.69, 9.17) is 0 Å². The Morgan fingerprint density at radius 3 is 2.29 bits per heavy atom. The molecular formula is C13H25N3O4S. The molecule has 0 unspecified atom stereocenters. The average Bonchev–Trinajstić information content (AvgIpc) is 2.37. The lowest BCUT2D eigenvalue weighted by Gasteiger charge is -2.32. The minimum absolute atomic E-state index is 0.0841. The van der Waals surface area contributed by atoms with Crippen LogP contribution < -0.4 is 10.6 Å². The van der Waals surface area contributed by atoms with Gasteiger partial charge in [0.1, 0.15) is 0 Å². The number of urea groups is 2. The molecular weight excluding hydrogens is 294 g/mol. The van der Waals surface area contributed by atoms with Crippen molar-refractivity contribution in [3.8, 4) is 0 Å². The molecule has 1 atom stereocenters. The number of hydrogen-bond acceptors (Lipinski definition) is 4. The number of hydrogen-bond donors (Lipinski definition) is 2. The van der Waals surface area contributed by atoms with E-state index in [1.807, 2.05) is 6.92 Å². The Hall–Kier alpha value is -1.31. The zero-order chi connectivity index (χ0) is 16.0. The largest absolute Gasteiger partial charge is 0.339 e. The molecule has 21 heavy (non-hydrogen) atoms. The maximum absolute atomic E-state index is 12.1. The summed E-state index contributed by atoms with van der Waals surface area (Å²) >= 11 is 0. The first-order valence-electron chi connectivity index (χ1n) is 7.36. The molecule has 0 aromatic rings. The summed E-state index contributed by atoms with van der Waals surface area (Å²) in [4.78, 5) is 23.8. The summed E-state index contributed by atoms with van der Waals surface area (Å²) in [5.41, 5.74) is 0. The third kappa shape index (κ3) is 5.53.